The largest absolute Gasteiger partial charge is 0.307 e. The second-order valence-corrected chi connectivity index (χ2v) is 3.22. The van der Waals surface area contributed by atoms with Gasteiger partial charge in [-0.1, -0.05) is 23.7 Å². The summed E-state index contributed by atoms with van der Waals surface area (Å²) in [5.74, 6) is 0. The van der Waals surface area contributed by atoms with E-state index >= 15 is 0 Å². The van der Waals surface area contributed by atoms with Crippen LogP contribution in [0.15, 0.2) is 31.0 Å². The van der Waals surface area contributed by atoms with Gasteiger partial charge in [-0.3, -0.25) is 0 Å². The average Bonchev–Trinajstić information content (AvgIpc) is 2.16. The zero-order valence-electron chi connectivity index (χ0n) is 7.63. The molecule has 1 N–H and O–H groups in total. The first-order chi connectivity index (χ1) is 6.24. The molecule has 1 rings (SSSR count). The topological polar surface area (TPSA) is 24.9 Å². The number of pyridine rings is 1. The summed E-state index contributed by atoms with van der Waals surface area (Å²) in [5.41, 5.74) is 1.01. The highest BCUT2D eigenvalue weighted by Gasteiger charge is 2.00. The van der Waals surface area contributed by atoms with E-state index in [0.717, 1.165) is 12.1 Å². The van der Waals surface area contributed by atoms with Crippen LogP contribution in [0.25, 0.3) is 0 Å². The SMILES string of the molecule is C=CC(C)NCc1cccnc1Cl. The standard InChI is InChI=1S/C10H13ClN2/c1-3-8(2)13-7-9-5-4-6-12-10(9)11/h3-6,8,13H,1,7H2,2H3. The van der Waals surface area contributed by atoms with E-state index in [9.17, 15) is 0 Å². The van der Waals surface area contributed by atoms with E-state index < -0.39 is 0 Å². The van der Waals surface area contributed by atoms with Crippen molar-refractivity contribution in [2.45, 2.75) is 19.5 Å². The van der Waals surface area contributed by atoms with Crippen LogP contribution in [0.5, 0.6) is 0 Å². The van der Waals surface area contributed by atoms with Gasteiger partial charge in [-0.15, -0.1) is 6.58 Å². The van der Waals surface area contributed by atoms with Crippen LogP contribution in [0.4, 0.5) is 0 Å². The highest BCUT2D eigenvalue weighted by molar-refractivity contribution is 6.30. The van der Waals surface area contributed by atoms with Crippen LogP contribution in [0.2, 0.25) is 5.15 Å². The molecule has 0 fully saturated rings. The summed E-state index contributed by atoms with van der Waals surface area (Å²) < 4.78 is 0. The fourth-order valence-electron chi connectivity index (χ4n) is 0.905. The first-order valence-corrected chi connectivity index (χ1v) is 4.57. The molecular weight excluding hydrogens is 184 g/mol. The first-order valence-electron chi connectivity index (χ1n) is 4.19. The molecule has 70 valence electrons. The number of nitrogens with zero attached hydrogens (tertiary/aromatic N) is 1. The lowest BCUT2D eigenvalue weighted by Crippen LogP contribution is -2.23. The Balaban J connectivity index is 2.54. The molecule has 0 spiro atoms. The van der Waals surface area contributed by atoms with Gasteiger partial charge in [0.1, 0.15) is 5.15 Å². The number of nitrogens with one attached hydrogen (secondary N) is 1. The molecule has 3 heteroatoms. The van der Waals surface area contributed by atoms with E-state index in [0.29, 0.717) is 5.15 Å². The molecule has 0 aliphatic heterocycles. The van der Waals surface area contributed by atoms with Crippen LogP contribution in [-0.2, 0) is 6.54 Å². The Morgan fingerprint density at radius 3 is 3.15 bits per heavy atom. The van der Waals surface area contributed by atoms with E-state index in [1.165, 1.54) is 0 Å². The Bertz CT molecular complexity index is 286. The molecule has 0 bridgehead atoms. The number of aromatic nitrogens is 1. The number of hydrogen-bond donors (Lipinski definition) is 1. The molecule has 1 atom stereocenters. The molecule has 13 heavy (non-hydrogen) atoms. The minimum atomic E-state index is 0.288. The molecule has 0 saturated carbocycles. The highest BCUT2D eigenvalue weighted by Crippen LogP contribution is 2.10. The second kappa shape index (κ2) is 5.00. The third-order valence-electron chi connectivity index (χ3n) is 1.80. The molecule has 0 amide bonds. The van der Waals surface area contributed by atoms with Crippen LogP contribution in [0.1, 0.15) is 12.5 Å². The van der Waals surface area contributed by atoms with Crippen LogP contribution in [0.3, 0.4) is 0 Å². The Morgan fingerprint density at radius 1 is 1.77 bits per heavy atom. The maximum Gasteiger partial charge on any atom is 0.133 e. The Hall–Kier alpha value is -0.860. The summed E-state index contributed by atoms with van der Waals surface area (Å²) in [6.45, 7) is 6.45. The number of hydrogen-bond acceptors (Lipinski definition) is 2. The third kappa shape index (κ3) is 3.17. The van der Waals surface area contributed by atoms with Gasteiger partial charge >= 0.3 is 0 Å². The maximum absolute atomic E-state index is 5.87. The van der Waals surface area contributed by atoms with E-state index in [2.05, 4.69) is 16.9 Å². The van der Waals surface area contributed by atoms with Gasteiger partial charge in [0.05, 0.1) is 0 Å². The Kier molecular flexibility index (Phi) is 3.93. The molecule has 1 unspecified atom stereocenters. The molecule has 0 aliphatic rings. The normalized spacial score (nSPS) is 12.5. The maximum atomic E-state index is 5.87. The van der Waals surface area contributed by atoms with Crippen LogP contribution in [-0.4, -0.2) is 11.0 Å². The number of halogens is 1. The highest BCUT2D eigenvalue weighted by atomic mass is 35.5. The molecule has 0 aliphatic carbocycles. The quantitative estimate of drug-likeness (QED) is 0.591. The van der Waals surface area contributed by atoms with Crippen molar-refractivity contribution in [1.29, 1.82) is 0 Å². The molecule has 2 nitrogen and oxygen atoms in total. The lowest BCUT2D eigenvalue weighted by atomic mass is 10.2. The van der Waals surface area contributed by atoms with Gasteiger partial charge < -0.3 is 5.32 Å². The van der Waals surface area contributed by atoms with Crippen LogP contribution >= 0.6 is 11.6 Å². The van der Waals surface area contributed by atoms with Gasteiger partial charge in [0.2, 0.25) is 0 Å². The van der Waals surface area contributed by atoms with Gasteiger partial charge in [-0.05, 0) is 13.0 Å². The lowest BCUT2D eigenvalue weighted by molar-refractivity contribution is 0.633. The van der Waals surface area contributed by atoms with Crippen molar-refractivity contribution in [3.8, 4) is 0 Å². The Labute approximate surface area is 83.6 Å². The van der Waals surface area contributed by atoms with Gasteiger partial charge in [0.25, 0.3) is 0 Å². The van der Waals surface area contributed by atoms with Crippen molar-refractivity contribution in [2.24, 2.45) is 0 Å². The minimum absolute atomic E-state index is 0.288. The van der Waals surface area contributed by atoms with E-state index in [1.54, 1.807) is 6.20 Å². The monoisotopic (exact) mass is 196 g/mol. The van der Waals surface area contributed by atoms with Crippen molar-refractivity contribution in [3.05, 3.63) is 41.7 Å². The summed E-state index contributed by atoms with van der Waals surface area (Å²) in [6, 6.07) is 4.12. The van der Waals surface area contributed by atoms with Crippen LogP contribution < -0.4 is 5.32 Å². The molecule has 1 heterocycles. The average molecular weight is 197 g/mol. The van der Waals surface area contributed by atoms with Gasteiger partial charge in [0.15, 0.2) is 0 Å². The lowest BCUT2D eigenvalue weighted by Gasteiger charge is -2.09. The fourth-order valence-corrected chi connectivity index (χ4v) is 1.09. The van der Waals surface area contributed by atoms with Crippen molar-refractivity contribution in [3.63, 3.8) is 0 Å². The fraction of sp³-hybridized carbons (Fsp3) is 0.300. The first kappa shape index (κ1) is 10.2. The molecule has 1 aromatic heterocycles. The van der Waals surface area contributed by atoms with Gasteiger partial charge in [0, 0.05) is 24.3 Å². The smallest absolute Gasteiger partial charge is 0.133 e. The summed E-state index contributed by atoms with van der Waals surface area (Å²) >= 11 is 5.87. The summed E-state index contributed by atoms with van der Waals surface area (Å²) in [4.78, 5) is 3.98. The summed E-state index contributed by atoms with van der Waals surface area (Å²) in [5, 5.41) is 3.81. The molecule has 0 aromatic carbocycles. The molecule has 0 radical (unpaired) electrons. The van der Waals surface area contributed by atoms with E-state index in [-0.39, 0.29) is 6.04 Å². The van der Waals surface area contributed by atoms with Crippen molar-refractivity contribution < 1.29 is 0 Å². The van der Waals surface area contributed by atoms with Gasteiger partial charge in [-0.2, -0.15) is 0 Å². The minimum Gasteiger partial charge on any atom is -0.307 e. The summed E-state index contributed by atoms with van der Waals surface area (Å²) in [7, 11) is 0. The van der Waals surface area contributed by atoms with E-state index in [1.807, 2.05) is 25.1 Å². The Morgan fingerprint density at radius 2 is 2.54 bits per heavy atom. The zero-order chi connectivity index (χ0) is 9.68. The van der Waals surface area contributed by atoms with Crippen molar-refractivity contribution >= 4 is 11.6 Å². The molecule has 0 saturated heterocycles. The van der Waals surface area contributed by atoms with E-state index in [4.69, 9.17) is 11.6 Å². The predicted octanol–water partition coefficient (Wildman–Crippen LogP) is 2.40. The van der Waals surface area contributed by atoms with Crippen LogP contribution in [0, 0.1) is 0 Å². The van der Waals surface area contributed by atoms with Gasteiger partial charge in [-0.25, -0.2) is 4.98 Å². The molecule has 1 aromatic rings. The van der Waals surface area contributed by atoms with Crippen molar-refractivity contribution in [2.75, 3.05) is 0 Å². The molecular formula is C10H13ClN2. The zero-order valence-corrected chi connectivity index (χ0v) is 8.38. The third-order valence-corrected chi connectivity index (χ3v) is 2.14. The second-order valence-electron chi connectivity index (χ2n) is 2.86. The number of rotatable bonds is 4. The predicted molar refractivity (Wildman–Crippen MR) is 55.7 cm³/mol. The summed E-state index contributed by atoms with van der Waals surface area (Å²) in [6.07, 6.45) is 3.53. The van der Waals surface area contributed by atoms with Crippen molar-refractivity contribution in [1.82, 2.24) is 10.3 Å².